The first kappa shape index (κ1) is 7.38. The lowest BCUT2D eigenvalue weighted by atomic mass is 10.3. The minimum atomic E-state index is 0.477. The Morgan fingerprint density at radius 3 is 2.89 bits per heavy atom. The lowest BCUT2D eigenvalue weighted by molar-refractivity contribution is 0.247. The highest BCUT2D eigenvalue weighted by Gasteiger charge is 2.19. The maximum Gasteiger partial charge on any atom is 0.0860 e. The fourth-order valence-corrected chi connectivity index (χ4v) is 1.54. The third kappa shape index (κ3) is 2.16. The Balaban J connectivity index is 2.14. The summed E-state index contributed by atoms with van der Waals surface area (Å²) in [6, 6.07) is 0. The summed E-state index contributed by atoms with van der Waals surface area (Å²) in [5.74, 6) is 0. The topological polar surface area (TPSA) is 12.5 Å². The number of likely N-dealkylation sites (tertiary alicyclic amines) is 1. The van der Waals surface area contributed by atoms with Crippen LogP contribution in [0.5, 0.6) is 0 Å². The number of hydrogen-bond donors (Lipinski definition) is 0. The van der Waals surface area contributed by atoms with Gasteiger partial charge in [-0.2, -0.15) is 0 Å². The summed E-state index contributed by atoms with van der Waals surface area (Å²) in [5.41, 5.74) is 0. The summed E-state index contributed by atoms with van der Waals surface area (Å²) in [5, 5.41) is 0. The molecule has 2 nitrogen and oxygen atoms in total. The Morgan fingerprint density at radius 2 is 2.44 bits per heavy atom. The number of nitrogens with zero attached hydrogens (tertiary/aromatic N) is 1. The van der Waals surface area contributed by atoms with Gasteiger partial charge in [-0.3, -0.25) is 0 Å². The van der Waals surface area contributed by atoms with E-state index in [-0.39, 0.29) is 0 Å². The average molecular weight is 147 g/mol. The van der Waals surface area contributed by atoms with Crippen molar-refractivity contribution >= 4 is 12.0 Å². The minimum Gasteiger partial charge on any atom is -0.311 e. The standard InChI is InChI=1S/C6H13NOS/c1-7-4-3-6(5-7)8-9-2/h6H,3-5H2,1-2H3. The molecular formula is C6H13NOS. The summed E-state index contributed by atoms with van der Waals surface area (Å²) in [6.45, 7) is 2.28. The first-order valence-electron chi connectivity index (χ1n) is 3.21. The molecule has 0 bridgehead atoms. The van der Waals surface area contributed by atoms with E-state index in [1.54, 1.807) is 0 Å². The molecule has 0 saturated carbocycles. The smallest absolute Gasteiger partial charge is 0.0860 e. The zero-order valence-electron chi connectivity index (χ0n) is 5.96. The molecule has 0 amide bonds. The fourth-order valence-electron chi connectivity index (χ4n) is 1.11. The Kier molecular flexibility index (Phi) is 2.82. The molecule has 1 aliphatic heterocycles. The van der Waals surface area contributed by atoms with E-state index in [9.17, 15) is 0 Å². The van der Waals surface area contributed by atoms with Crippen LogP contribution in [0.2, 0.25) is 0 Å². The van der Waals surface area contributed by atoms with Crippen LogP contribution in [0.3, 0.4) is 0 Å². The van der Waals surface area contributed by atoms with Crippen LogP contribution in [0.4, 0.5) is 0 Å². The predicted molar refractivity (Wildman–Crippen MR) is 40.5 cm³/mol. The van der Waals surface area contributed by atoms with Crippen molar-refractivity contribution in [1.82, 2.24) is 4.90 Å². The summed E-state index contributed by atoms with van der Waals surface area (Å²) in [6.07, 6.45) is 3.64. The van der Waals surface area contributed by atoms with Gasteiger partial charge in [0.05, 0.1) is 6.10 Å². The monoisotopic (exact) mass is 147 g/mol. The van der Waals surface area contributed by atoms with Gasteiger partial charge in [0.25, 0.3) is 0 Å². The maximum absolute atomic E-state index is 5.35. The fraction of sp³-hybridized carbons (Fsp3) is 1.00. The molecule has 54 valence electrons. The molecule has 1 rings (SSSR count). The largest absolute Gasteiger partial charge is 0.311 e. The zero-order chi connectivity index (χ0) is 6.69. The lowest BCUT2D eigenvalue weighted by Crippen LogP contribution is -2.16. The van der Waals surface area contributed by atoms with E-state index >= 15 is 0 Å². The van der Waals surface area contributed by atoms with Crippen molar-refractivity contribution in [2.24, 2.45) is 0 Å². The number of hydrogen-bond acceptors (Lipinski definition) is 3. The van der Waals surface area contributed by atoms with E-state index in [0.717, 1.165) is 6.54 Å². The van der Waals surface area contributed by atoms with Crippen molar-refractivity contribution in [1.29, 1.82) is 0 Å². The first-order valence-corrected chi connectivity index (χ1v) is 4.36. The van der Waals surface area contributed by atoms with E-state index in [2.05, 4.69) is 11.9 Å². The second-order valence-corrected chi connectivity index (χ2v) is 2.96. The van der Waals surface area contributed by atoms with E-state index in [1.807, 2.05) is 6.26 Å². The summed E-state index contributed by atoms with van der Waals surface area (Å²) in [4.78, 5) is 2.29. The van der Waals surface area contributed by atoms with Crippen molar-refractivity contribution in [3.05, 3.63) is 0 Å². The third-order valence-electron chi connectivity index (χ3n) is 1.58. The Labute approximate surface area is 60.8 Å². The highest BCUT2D eigenvalue weighted by atomic mass is 32.2. The van der Waals surface area contributed by atoms with Gasteiger partial charge in [-0.15, -0.1) is 0 Å². The van der Waals surface area contributed by atoms with Gasteiger partial charge in [0.1, 0.15) is 0 Å². The van der Waals surface area contributed by atoms with Crippen molar-refractivity contribution in [2.45, 2.75) is 12.5 Å². The molecule has 3 heteroatoms. The first-order chi connectivity index (χ1) is 4.33. The quantitative estimate of drug-likeness (QED) is 0.540. The van der Waals surface area contributed by atoms with Crippen LogP contribution < -0.4 is 0 Å². The van der Waals surface area contributed by atoms with Crippen LogP contribution in [-0.4, -0.2) is 37.4 Å². The Morgan fingerprint density at radius 1 is 1.67 bits per heavy atom. The lowest BCUT2D eigenvalue weighted by Gasteiger charge is -2.07. The molecule has 1 saturated heterocycles. The molecule has 1 aliphatic rings. The van der Waals surface area contributed by atoms with Crippen molar-refractivity contribution in [2.75, 3.05) is 26.4 Å². The molecule has 1 heterocycles. The minimum absolute atomic E-state index is 0.477. The summed E-state index contributed by atoms with van der Waals surface area (Å²) >= 11 is 1.47. The highest BCUT2D eigenvalue weighted by molar-refractivity contribution is 7.93. The van der Waals surface area contributed by atoms with Crippen LogP contribution in [0.15, 0.2) is 0 Å². The highest BCUT2D eigenvalue weighted by Crippen LogP contribution is 2.14. The molecule has 1 atom stereocenters. The third-order valence-corrected chi connectivity index (χ3v) is 2.05. The molecule has 0 aromatic rings. The molecule has 1 unspecified atom stereocenters. The summed E-state index contributed by atoms with van der Waals surface area (Å²) in [7, 11) is 2.13. The number of rotatable bonds is 2. The van der Waals surface area contributed by atoms with Crippen LogP contribution in [0, 0.1) is 0 Å². The van der Waals surface area contributed by atoms with Crippen molar-refractivity contribution in [3.8, 4) is 0 Å². The molecule has 0 aromatic heterocycles. The molecule has 0 aliphatic carbocycles. The predicted octanol–water partition coefficient (Wildman–Crippen LogP) is 0.985. The van der Waals surface area contributed by atoms with Crippen molar-refractivity contribution in [3.63, 3.8) is 0 Å². The van der Waals surface area contributed by atoms with Gasteiger partial charge in [-0.25, -0.2) is 0 Å². The molecule has 0 spiro atoms. The molecule has 0 N–H and O–H groups in total. The maximum atomic E-state index is 5.35. The molecule has 0 radical (unpaired) electrons. The Hall–Kier alpha value is 0.270. The van der Waals surface area contributed by atoms with Gasteiger partial charge in [0.15, 0.2) is 0 Å². The van der Waals surface area contributed by atoms with Crippen molar-refractivity contribution < 1.29 is 4.18 Å². The van der Waals surface area contributed by atoms with E-state index < -0.39 is 0 Å². The molecule has 0 aromatic carbocycles. The number of likely N-dealkylation sites (N-methyl/N-ethyl adjacent to an activating group) is 1. The van der Waals surface area contributed by atoms with E-state index in [1.165, 1.54) is 25.0 Å². The van der Waals surface area contributed by atoms with Crippen LogP contribution in [-0.2, 0) is 4.18 Å². The molecule has 1 fully saturated rings. The molecular weight excluding hydrogens is 134 g/mol. The van der Waals surface area contributed by atoms with E-state index in [4.69, 9.17) is 4.18 Å². The molecule has 9 heavy (non-hydrogen) atoms. The zero-order valence-corrected chi connectivity index (χ0v) is 6.78. The second kappa shape index (κ2) is 3.44. The van der Waals surface area contributed by atoms with E-state index in [0.29, 0.717) is 6.10 Å². The van der Waals surface area contributed by atoms with Gasteiger partial charge < -0.3 is 9.08 Å². The van der Waals surface area contributed by atoms with Gasteiger partial charge in [-0.1, -0.05) is 0 Å². The normalized spacial score (nSPS) is 29.3. The average Bonchev–Trinajstić information content (AvgIpc) is 2.17. The van der Waals surface area contributed by atoms with Gasteiger partial charge in [-0.05, 0) is 25.5 Å². The SMILES string of the molecule is CSOC1CCN(C)C1. The van der Waals surface area contributed by atoms with Gasteiger partial charge in [0.2, 0.25) is 0 Å². The van der Waals surface area contributed by atoms with Gasteiger partial charge in [0, 0.05) is 19.3 Å². The van der Waals surface area contributed by atoms with Crippen LogP contribution in [0.1, 0.15) is 6.42 Å². The van der Waals surface area contributed by atoms with Crippen LogP contribution >= 0.6 is 12.0 Å². The second-order valence-electron chi connectivity index (χ2n) is 2.44. The summed E-state index contributed by atoms with van der Waals surface area (Å²) < 4.78 is 5.35. The van der Waals surface area contributed by atoms with Gasteiger partial charge >= 0.3 is 0 Å². The van der Waals surface area contributed by atoms with Crippen LogP contribution in [0.25, 0.3) is 0 Å². The Bertz CT molecular complexity index is 87.1.